The van der Waals surface area contributed by atoms with Crippen LogP contribution in [-0.4, -0.2) is 42.0 Å². The van der Waals surface area contributed by atoms with Gasteiger partial charge in [0.2, 0.25) is 11.5 Å². The Balaban J connectivity index is 0.00000337. The van der Waals surface area contributed by atoms with Gasteiger partial charge in [0, 0.05) is 45.1 Å². The van der Waals surface area contributed by atoms with Gasteiger partial charge in [-0.15, -0.1) is 0 Å². The molecule has 1 fully saturated rings. The number of hydrogen-bond acceptors (Lipinski definition) is 5. The van der Waals surface area contributed by atoms with Crippen molar-refractivity contribution in [2.24, 2.45) is 19.5 Å². The van der Waals surface area contributed by atoms with Crippen LogP contribution in [0, 0.1) is 5.41 Å². The first-order valence-electron chi connectivity index (χ1n) is 13.0. The average molecular weight is 538 g/mol. The molecule has 204 valence electrons. The highest BCUT2D eigenvalue weighted by atomic mass is 16.2. The summed E-state index contributed by atoms with van der Waals surface area (Å²) in [6, 6.07) is 19.4. The Bertz CT molecular complexity index is 1820. The van der Waals surface area contributed by atoms with Crippen molar-refractivity contribution in [1.29, 1.82) is 0 Å². The van der Waals surface area contributed by atoms with Gasteiger partial charge in [-0.05, 0) is 49.7 Å². The van der Waals surface area contributed by atoms with Gasteiger partial charge in [0.15, 0.2) is 0 Å². The molecule has 10 nitrogen and oxygen atoms in total. The molecule has 10 heteroatoms. The van der Waals surface area contributed by atoms with E-state index in [0.29, 0.717) is 11.4 Å². The molecule has 6 rings (SSSR count). The van der Waals surface area contributed by atoms with Crippen LogP contribution in [0.3, 0.4) is 0 Å². The summed E-state index contributed by atoms with van der Waals surface area (Å²) in [7, 11) is 3.45. The summed E-state index contributed by atoms with van der Waals surface area (Å²) in [4.78, 5) is 41.0. The van der Waals surface area contributed by atoms with Crippen molar-refractivity contribution in [3.63, 3.8) is 0 Å². The Morgan fingerprint density at radius 2 is 1.73 bits per heavy atom. The van der Waals surface area contributed by atoms with Crippen LogP contribution in [0.1, 0.15) is 37.4 Å². The van der Waals surface area contributed by atoms with E-state index in [4.69, 9.17) is 0 Å². The monoisotopic (exact) mass is 537 g/mol. The second-order valence-electron chi connectivity index (χ2n) is 10.7. The largest absolute Gasteiger partial charge is 0.344 e. The third kappa shape index (κ3) is 4.08. The molecule has 1 aliphatic rings. The fourth-order valence-electron chi connectivity index (χ4n) is 5.47. The van der Waals surface area contributed by atoms with E-state index >= 15 is 0 Å². The van der Waals surface area contributed by atoms with Crippen molar-refractivity contribution in [1.82, 2.24) is 29.4 Å². The van der Waals surface area contributed by atoms with E-state index < -0.39 is 17.5 Å². The molecule has 2 atom stereocenters. The van der Waals surface area contributed by atoms with Gasteiger partial charge in [0.25, 0.3) is 5.91 Å². The van der Waals surface area contributed by atoms with Gasteiger partial charge in [-0.2, -0.15) is 10.2 Å². The Hall–Kier alpha value is -4.99. The zero-order chi connectivity index (χ0) is 28.2. The van der Waals surface area contributed by atoms with Crippen LogP contribution in [-0.2, 0) is 18.9 Å². The van der Waals surface area contributed by atoms with Crippen molar-refractivity contribution in [2.75, 3.05) is 4.90 Å². The van der Waals surface area contributed by atoms with E-state index in [-0.39, 0.29) is 18.8 Å². The fourth-order valence-corrected chi connectivity index (χ4v) is 5.47. The number of carbonyl (C=O) groups excluding carboxylic acids is 2. The van der Waals surface area contributed by atoms with Crippen LogP contribution in [0.25, 0.3) is 16.6 Å². The molecule has 2 aromatic carbocycles. The Morgan fingerprint density at radius 3 is 2.42 bits per heavy atom. The molecule has 5 aromatic rings. The number of amides is 2. The van der Waals surface area contributed by atoms with E-state index in [1.807, 2.05) is 62.4 Å². The van der Waals surface area contributed by atoms with Crippen LogP contribution in [0.2, 0.25) is 0 Å². The first-order chi connectivity index (χ1) is 19.1. The summed E-state index contributed by atoms with van der Waals surface area (Å²) in [5.74, 6) is -0.430. The lowest BCUT2D eigenvalue weighted by atomic mass is 9.82. The maximum absolute atomic E-state index is 14.1. The second kappa shape index (κ2) is 9.33. The highest BCUT2D eigenvalue weighted by Gasteiger charge is 2.55. The van der Waals surface area contributed by atoms with Crippen LogP contribution < -0.4 is 15.8 Å². The molecular formula is C30H31N7O3. The van der Waals surface area contributed by atoms with Crippen molar-refractivity contribution in [3.05, 3.63) is 107 Å². The zero-order valence-corrected chi connectivity index (χ0v) is 22.6. The maximum atomic E-state index is 14.1. The first-order valence-corrected chi connectivity index (χ1v) is 13.0. The first kappa shape index (κ1) is 25.3. The van der Waals surface area contributed by atoms with Gasteiger partial charge in [-0.1, -0.05) is 30.3 Å². The maximum Gasteiger partial charge on any atom is 0.272 e. The Labute approximate surface area is 231 Å². The number of aryl methyl sites for hydroxylation is 2. The number of nitrogens with zero attached hydrogens (tertiary/aromatic N) is 6. The predicted octanol–water partition coefficient (Wildman–Crippen LogP) is 3.62. The normalized spacial score (nSPS) is 18.4. The van der Waals surface area contributed by atoms with Gasteiger partial charge in [0.05, 0.1) is 34.9 Å². The number of rotatable bonds is 5. The number of aromatic nitrogens is 5. The molecule has 1 N–H and O–H groups in total. The van der Waals surface area contributed by atoms with Crippen LogP contribution in [0.4, 0.5) is 5.69 Å². The van der Waals surface area contributed by atoms with Gasteiger partial charge >= 0.3 is 0 Å². The van der Waals surface area contributed by atoms with E-state index in [1.54, 1.807) is 59.1 Å². The number of carbonyl (C=O) groups is 2. The molecule has 0 radical (unpaired) electrons. The molecule has 1 saturated heterocycles. The summed E-state index contributed by atoms with van der Waals surface area (Å²) in [5, 5.41) is 12.8. The molecule has 1 aliphatic heterocycles. The second-order valence-corrected chi connectivity index (χ2v) is 10.7. The number of anilines is 1. The SMILES string of the molecule is Cn1ccc(C(=O)N[C@@H]2[C@@H](c3ccccc3)N(c3ccc4c(cnn4-c4ccc(=O)n(C)c4)c3)C(=O)C2(C)C)n1.[HH]. The molecule has 0 aliphatic carbocycles. The molecule has 40 heavy (non-hydrogen) atoms. The molecule has 0 saturated carbocycles. The number of fused-ring (bicyclic) bond motifs is 1. The van der Waals surface area contributed by atoms with Gasteiger partial charge in [0.1, 0.15) is 5.69 Å². The zero-order valence-electron chi connectivity index (χ0n) is 22.6. The number of pyridine rings is 1. The van der Waals surface area contributed by atoms with Crippen LogP contribution >= 0.6 is 0 Å². The van der Waals surface area contributed by atoms with Crippen molar-refractivity contribution in [3.8, 4) is 5.69 Å². The summed E-state index contributed by atoms with van der Waals surface area (Å²) < 4.78 is 4.84. The molecule has 2 amide bonds. The van der Waals surface area contributed by atoms with E-state index in [2.05, 4.69) is 15.5 Å². The lowest BCUT2D eigenvalue weighted by Crippen LogP contribution is -2.46. The molecule has 3 aromatic heterocycles. The minimum Gasteiger partial charge on any atom is -0.344 e. The standard InChI is InChI=1S/C30H29N7O3.H2/c1-30(2)27(32-28(39)23-14-15-35(4)33-23)26(19-8-6-5-7-9-19)36(29(30)40)21-10-12-24-20(16-21)17-31-37(24)22-11-13-25(38)34(3)18-22;/h5-18,26-27H,1-4H3,(H,32,39);1H/t26-,27-;/m1./s1. The Morgan fingerprint density at radius 1 is 0.975 bits per heavy atom. The quantitative estimate of drug-likeness (QED) is 0.369. The van der Waals surface area contributed by atoms with Crippen molar-refractivity contribution in [2.45, 2.75) is 25.9 Å². The summed E-state index contributed by atoms with van der Waals surface area (Å²) in [6.07, 6.45) is 5.19. The molecule has 0 bridgehead atoms. The molecule has 0 unspecified atom stereocenters. The van der Waals surface area contributed by atoms with Crippen LogP contribution in [0.5, 0.6) is 0 Å². The minimum atomic E-state index is -0.904. The fraction of sp³-hybridized carbons (Fsp3) is 0.233. The smallest absolute Gasteiger partial charge is 0.272 e. The van der Waals surface area contributed by atoms with Gasteiger partial charge in [-0.3, -0.25) is 19.1 Å². The average Bonchev–Trinajstić information content (AvgIpc) is 3.62. The number of benzene rings is 2. The highest BCUT2D eigenvalue weighted by Crippen LogP contribution is 2.47. The Kier molecular flexibility index (Phi) is 5.90. The van der Waals surface area contributed by atoms with Gasteiger partial charge < -0.3 is 14.8 Å². The van der Waals surface area contributed by atoms with Crippen LogP contribution in [0.15, 0.2) is 90.1 Å². The highest BCUT2D eigenvalue weighted by molar-refractivity contribution is 6.04. The number of nitrogens with one attached hydrogen (secondary N) is 1. The molecule has 0 spiro atoms. The molecule has 4 heterocycles. The third-order valence-corrected chi connectivity index (χ3v) is 7.66. The predicted molar refractivity (Wildman–Crippen MR) is 153 cm³/mol. The van der Waals surface area contributed by atoms with E-state index in [1.165, 1.54) is 10.6 Å². The summed E-state index contributed by atoms with van der Waals surface area (Å²) in [6.45, 7) is 3.73. The minimum absolute atomic E-state index is 0. The van der Waals surface area contributed by atoms with E-state index in [9.17, 15) is 14.4 Å². The van der Waals surface area contributed by atoms with Crippen molar-refractivity contribution >= 4 is 28.4 Å². The summed E-state index contributed by atoms with van der Waals surface area (Å²) in [5.41, 5.74) is 2.49. The lowest BCUT2D eigenvalue weighted by molar-refractivity contribution is -0.124. The van der Waals surface area contributed by atoms with Crippen molar-refractivity contribution < 1.29 is 11.0 Å². The number of hydrogen-bond donors (Lipinski definition) is 1. The van der Waals surface area contributed by atoms with E-state index in [0.717, 1.165) is 22.2 Å². The lowest BCUT2D eigenvalue weighted by Gasteiger charge is -2.30. The molecular weight excluding hydrogens is 506 g/mol. The topological polar surface area (TPSA) is 107 Å². The summed E-state index contributed by atoms with van der Waals surface area (Å²) >= 11 is 0. The third-order valence-electron chi connectivity index (χ3n) is 7.66. The van der Waals surface area contributed by atoms with Gasteiger partial charge in [-0.25, -0.2) is 4.68 Å².